The summed E-state index contributed by atoms with van der Waals surface area (Å²) in [6.45, 7) is 3.28. The van der Waals surface area contributed by atoms with Crippen molar-refractivity contribution >= 4 is 0 Å². The topological polar surface area (TPSA) is 46.2 Å². The number of hydrogen-bond donors (Lipinski definition) is 2. The minimum atomic E-state index is -1.24. The second-order valence-corrected chi connectivity index (χ2v) is 3.51. The van der Waals surface area contributed by atoms with E-state index in [0.717, 1.165) is 12.1 Å². The van der Waals surface area contributed by atoms with Gasteiger partial charge in [0, 0.05) is 5.54 Å². The molecule has 4 heteroatoms. The highest BCUT2D eigenvalue weighted by atomic mass is 19.2. The summed E-state index contributed by atoms with van der Waals surface area (Å²) in [6, 6.07) is 2.10. The molecule has 1 rings (SSSR count). The maximum absolute atomic E-state index is 12.8. The van der Waals surface area contributed by atoms with Crippen LogP contribution in [0.3, 0.4) is 0 Å². The molecule has 0 aliphatic rings. The number of nitrogens with two attached hydrogens (primary N) is 1. The molecule has 0 aliphatic heterocycles. The van der Waals surface area contributed by atoms with Crippen LogP contribution in [0.5, 0.6) is 5.75 Å². The van der Waals surface area contributed by atoms with Gasteiger partial charge in [0.15, 0.2) is 17.4 Å². The molecule has 0 unspecified atom stereocenters. The van der Waals surface area contributed by atoms with Gasteiger partial charge in [-0.05, 0) is 31.5 Å². The third kappa shape index (κ3) is 1.95. The summed E-state index contributed by atoms with van der Waals surface area (Å²) in [5, 5.41) is 8.97. The van der Waals surface area contributed by atoms with Crippen LogP contribution in [0, 0.1) is 11.6 Å². The molecule has 0 saturated heterocycles. The van der Waals surface area contributed by atoms with Crippen molar-refractivity contribution in [3.05, 3.63) is 29.3 Å². The van der Waals surface area contributed by atoms with Gasteiger partial charge in [0.25, 0.3) is 0 Å². The summed E-state index contributed by atoms with van der Waals surface area (Å²) in [5.41, 5.74) is 5.20. The Morgan fingerprint density at radius 3 is 2.23 bits per heavy atom. The Hall–Kier alpha value is -1.16. The van der Waals surface area contributed by atoms with Crippen molar-refractivity contribution in [3.63, 3.8) is 0 Å². The molecule has 13 heavy (non-hydrogen) atoms. The molecule has 0 radical (unpaired) electrons. The summed E-state index contributed by atoms with van der Waals surface area (Å²) < 4.78 is 25.4. The predicted molar refractivity (Wildman–Crippen MR) is 45.2 cm³/mol. The van der Waals surface area contributed by atoms with Crippen LogP contribution in [0.2, 0.25) is 0 Å². The molecule has 0 atom stereocenters. The molecule has 0 saturated carbocycles. The van der Waals surface area contributed by atoms with E-state index >= 15 is 0 Å². The van der Waals surface area contributed by atoms with E-state index in [9.17, 15) is 8.78 Å². The van der Waals surface area contributed by atoms with Crippen LogP contribution in [-0.4, -0.2) is 5.11 Å². The van der Waals surface area contributed by atoms with Gasteiger partial charge in [-0.1, -0.05) is 0 Å². The number of phenols is 1. The van der Waals surface area contributed by atoms with Gasteiger partial charge in [-0.2, -0.15) is 4.39 Å². The van der Waals surface area contributed by atoms with Crippen LogP contribution in [0.1, 0.15) is 19.4 Å². The van der Waals surface area contributed by atoms with Crippen molar-refractivity contribution in [2.24, 2.45) is 5.73 Å². The van der Waals surface area contributed by atoms with E-state index in [1.165, 1.54) is 0 Å². The van der Waals surface area contributed by atoms with Crippen molar-refractivity contribution in [1.82, 2.24) is 0 Å². The average molecular weight is 187 g/mol. The molecule has 0 fully saturated rings. The first-order valence-corrected chi connectivity index (χ1v) is 3.79. The molecule has 0 spiro atoms. The highest BCUT2D eigenvalue weighted by Crippen LogP contribution is 2.26. The zero-order valence-electron chi connectivity index (χ0n) is 7.44. The highest BCUT2D eigenvalue weighted by Gasteiger charge is 2.18. The molecule has 0 bridgehead atoms. The molecule has 3 N–H and O–H groups in total. The lowest BCUT2D eigenvalue weighted by atomic mass is 9.95. The van der Waals surface area contributed by atoms with E-state index in [0.29, 0.717) is 5.56 Å². The Morgan fingerprint density at radius 1 is 1.31 bits per heavy atom. The van der Waals surface area contributed by atoms with Gasteiger partial charge < -0.3 is 10.8 Å². The lowest BCUT2D eigenvalue weighted by Crippen LogP contribution is -2.28. The van der Waals surface area contributed by atoms with E-state index in [1.54, 1.807) is 13.8 Å². The number of halogens is 2. The summed E-state index contributed by atoms with van der Waals surface area (Å²) >= 11 is 0. The Labute approximate surface area is 75.0 Å². The second-order valence-electron chi connectivity index (χ2n) is 3.51. The summed E-state index contributed by atoms with van der Waals surface area (Å²) in [4.78, 5) is 0. The quantitative estimate of drug-likeness (QED) is 0.704. The fourth-order valence-corrected chi connectivity index (χ4v) is 0.947. The first kappa shape index (κ1) is 9.92. The monoisotopic (exact) mass is 187 g/mol. The minimum Gasteiger partial charge on any atom is -0.505 e. The summed E-state index contributed by atoms with van der Waals surface area (Å²) in [5.74, 6) is -3.05. The van der Waals surface area contributed by atoms with Gasteiger partial charge in [0.2, 0.25) is 0 Å². The van der Waals surface area contributed by atoms with Crippen LogP contribution in [0.15, 0.2) is 12.1 Å². The highest BCUT2D eigenvalue weighted by molar-refractivity contribution is 5.33. The summed E-state index contributed by atoms with van der Waals surface area (Å²) in [7, 11) is 0. The molecule has 0 heterocycles. The first-order chi connectivity index (χ1) is 5.82. The van der Waals surface area contributed by atoms with Crippen molar-refractivity contribution in [1.29, 1.82) is 0 Å². The Morgan fingerprint density at radius 2 is 1.85 bits per heavy atom. The Balaban J connectivity index is 3.29. The van der Waals surface area contributed by atoms with Crippen LogP contribution in [0.25, 0.3) is 0 Å². The van der Waals surface area contributed by atoms with Crippen molar-refractivity contribution in [3.8, 4) is 5.75 Å². The maximum atomic E-state index is 12.8. The van der Waals surface area contributed by atoms with Gasteiger partial charge in [-0.3, -0.25) is 0 Å². The molecule has 0 amide bonds. The van der Waals surface area contributed by atoms with Gasteiger partial charge in [0.05, 0.1) is 0 Å². The largest absolute Gasteiger partial charge is 0.505 e. The van der Waals surface area contributed by atoms with E-state index in [1.807, 2.05) is 0 Å². The Kier molecular flexibility index (Phi) is 2.26. The lowest BCUT2D eigenvalue weighted by Gasteiger charge is -2.19. The number of aromatic hydroxyl groups is 1. The van der Waals surface area contributed by atoms with E-state index in [4.69, 9.17) is 10.8 Å². The molecule has 2 nitrogen and oxygen atoms in total. The first-order valence-electron chi connectivity index (χ1n) is 3.79. The normalized spacial score (nSPS) is 11.8. The molecule has 0 aliphatic carbocycles. The van der Waals surface area contributed by atoms with Crippen molar-refractivity contribution < 1.29 is 13.9 Å². The van der Waals surface area contributed by atoms with Crippen LogP contribution >= 0.6 is 0 Å². The molecular weight excluding hydrogens is 176 g/mol. The Bertz CT molecular complexity index is 308. The summed E-state index contributed by atoms with van der Waals surface area (Å²) in [6.07, 6.45) is 0. The van der Waals surface area contributed by atoms with Crippen LogP contribution < -0.4 is 5.73 Å². The third-order valence-corrected chi connectivity index (χ3v) is 1.75. The van der Waals surface area contributed by atoms with Crippen LogP contribution in [0.4, 0.5) is 8.78 Å². The molecule has 72 valence electrons. The predicted octanol–water partition coefficient (Wildman–Crippen LogP) is 1.86. The van der Waals surface area contributed by atoms with E-state index < -0.39 is 22.9 Å². The number of phenolic OH excluding ortho intramolecular Hbond substituents is 1. The van der Waals surface area contributed by atoms with Gasteiger partial charge >= 0.3 is 0 Å². The third-order valence-electron chi connectivity index (χ3n) is 1.75. The van der Waals surface area contributed by atoms with Gasteiger partial charge in [-0.25, -0.2) is 4.39 Å². The minimum absolute atomic E-state index is 0.351. The zero-order chi connectivity index (χ0) is 10.2. The fraction of sp³-hybridized carbons (Fsp3) is 0.333. The molecular formula is C9H11F2NO. The molecule has 1 aromatic rings. The standard InChI is InChI=1S/C9H11F2NO/c1-9(2,12)5-3-6(10)8(11)7(13)4-5/h3-4,13H,12H2,1-2H3. The molecule has 0 aromatic heterocycles. The van der Waals surface area contributed by atoms with Crippen LogP contribution in [-0.2, 0) is 5.54 Å². The van der Waals surface area contributed by atoms with Gasteiger partial charge in [-0.15, -0.1) is 0 Å². The van der Waals surface area contributed by atoms with Crippen molar-refractivity contribution in [2.45, 2.75) is 19.4 Å². The number of rotatable bonds is 1. The van der Waals surface area contributed by atoms with E-state index in [2.05, 4.69) is 0 Å². The maximum Gasteiger partial charge on any atom is 0.200 e. The second kappa shape index (κ2) is 2.96. The van der Waals surface area contributed by atoms with Gasteiger partial charge in [0.1, 0.15) is 0 Å². The average Bonchev–Trinajstić information content (AvgIpc) is 1.97. The molecule has 1 aromatic carbocycles. The SMILES string of the molecule is CC(C)(N)c1cc(O)c(F)c(F)c1. The van der Waals surface area contributed by atoms with Crippen molar-refractivity contribution in [2.75, 3.05) is 0 Å². The lowest BCUT2D eigenvalue weighted by molar-refractivity contribution is 0.401. The number of benzene rings is 1. The fourth-order valence-electron chi connectivity index (χ4n) is 0.947. The smallest absolute Gasteiger partial charge is 0.200 e. The zero-order valence-corrected chi connectivity index (χ0v) is 7.44. The number of hydrogen-bond acceptors (Lipinski definition) is 2. The van der Waals surface area contributed by atoms with E-state index in [-0.39, 0.29) is 0 Å².